The first kappa shape index (κ1) is 11.4. The van der Waals surface area contributed by atoms with E-state index in [1.165, 1.54) is 13.2 Å². The summed E-state index contributed by atoms with van der Waals surface area (Å²) in [6.45, 7) is 6.87. The Hall–Kier alpha value is -1.58. The number of carbonyl (C=O) groups excluding carboxylic acids is 2. The molecule has 0 bridgehead atoms. The van der Waals surface area contributed by atoms with Gasteiger partial charge in [-0.2, -0.15) is 0 Å². The highest BCUT2D eigenvalue weighted by atomic mass is 16.5. The van der Waals surface area contributed by atoms with E-state index in [9.17, 15) is 9.59 Å². The molecule has 0 amide bonds. The van der Waals surface area contributed by atoms with Crippen LogP contribution in [0.25, 0.3) is 0 Å². The van der Waals surface area contributed by atoms with Gasteiger partial charge in [0.05, 0.1) is 13.5 Å². The molecule has 0 heterocycles. The van der Waals surface area contributed by atoms with Gasteiger partial charge in [0.1, 0.15) is 6.61 Å². The molecule has 0 aliphatic heterocycles. The van der Waals surface area contributed by atoms with Crippen LogP contribution in [0.5, 0.6) is 0 Å². The van der Waals surface area contributed by atoms with E-state index in [1.54, 1.807) is 0 Å². The quantitative estimate of drug-likeness (QED) is 0.361. The summed E-state index contributed by atoms with van der Waals surface area (Å²) in [6.07, 6.45) is 1.29. The number of hydrogen-bond donors (Lipinski definition) is 0. The number of methoxy groups -OCH3 is 1. The summed E-state index contributed by atoms with van der Waals surface area (Å²) in [4.78, 5) is 21.7. The Morgan fingerprint density at radius 3 is 2.54 bits per heavy atom. The van der Waals surface area contributed by atoms with Gasteiger partial charge < -0.3 is 9.47 Å². The van der Waals surface area contributed by atoms with Gasteiger partial charge in [0.15, 0.2) is 0 Å². The molecule has 0 aliphatic rings. The van der Waals surface area contributed by atoms with Crippen LogP contribution in [0.15, 0.2) is 24.8 Å². The molecule has 0 aromatic carbocycles. The third-order valence-electron chi connectivity index (χ3n) is 1.21. The van der Waals surface area contributed by atoms with Crippen LogP contribution >= 0.6 is 0 Å². The molecule has 0 N–H and O–H groups in total. The monoisotopic (exact) mass is 184 g/mol. The molecule has 0 saturated carbocycles. The third-order valence-corrected chi connectivity index (χ3v) is 1.21. The Balaban J connectivity index is 3.89. The summed E-state index contributed by atoms with van der Waals surface area (Å²) in [6, 6.07) is 0. The van der Waals surface area contributed by atoms with E-state index in [0.717, 1.165) is 0 Å². The Kier molecular flexibility index (Phi) is 5.27. The van der Waals surface area contributed by atoms with Crippen LogP contribution in [0.2, 0.25) is 0 Å². The summed E-state index contributed by atoms with van der Waals surface area (Å²) in [5.41, 5.74) is 0.0775. The normalized spacial score (nSPS) is 8.69. The molecular formula is C9H12O4. The van der Waals surface area contributed by atoms with E-state index < -0.39 is 11.9 Å². The topological polar surface area (TPSA) is 52.6 Å². The molecule has 0 unspecified atom stereocenters. The predicted molar refractivity (Wildman–Crippen MR) is 46.9 cm³/mol. The number of rotatable bonds is 5. The molecule has 0 spiro atoms. The number of ether oxygens (including phenoxy) is 2. The summed E-state index contributed by atoms with van der Waals surface area (Å²) in [7, 11) is 1.24. The molecule has 72 valence electrons. The maximum Gasteiger partial charge on any atom is 0.334 e. The first-order valence-corrected chi connectivity index (χ1v) is 3.64. The minimum absolute atomic E-state index is 0.0775. The van der Waals surface area contributed by atoms with Gasteiger partial charge in [0.25, 0.3) is 0 Å². The first-order chi connectivity index (χ1) is 6.11. The Morgan fingerprint density at radius 1 is 1.46 bits per heavy atom. The first-order valence-electron chi connectivity index (χ1n) is 3.64. The Labute approximate surface area is 76.8 Å². The fourth-order valence-corrected chi connectivity index (χ4v) is 0.555. The molecular weight excluding hydrogens is 172 g/mol. The standard InChI is InChI=1S/C9H12O4/c1-4-5-13-9(11)7(2)6-8(10)12-3/h4H,1-2,5-6H2,3H3. The van der Waals surface area contributed by atoms with Gasteiger partial charge >= 0.3 is 11.9 Å². The zero-order valence-electron chi connectivity index (χ0n) is 7.54. The van der Waals surface area contributed by atoms with E-state index in [1.807, 2.05) is 0 Å². The SMILES string of the molecule is C=CCOC(=O)C(=C)CC(=O)OC. The molecule has 0 aromatic rings. The van der Waals surface area contributed by atoms with Crippen molar-refractivity contribution in [3.8, 4) is 0 Å². The number of esters is 2. The second kappa shape index (κ2) is 5.99. The average Bonchev–Trinajstić information content (AvgIpc) is 2.13. The minimum Gasteiger partial charge on any atom is -0.469 e. The maximum absolute atomic E-state index is 11.0. The van der Waals surface area contributed by atoms with E-state index in [0.29, 0.717) is 0 Å². The summed E-state index contributed by atoms with van der Waals surface area (Å²) in [5.74, 6) is -1.12. The lowest BCUT2D eigenvalue weighted by molar-refractivity contribution is -0.143. The zero-order chi connectivity index (χ0) is 10.3. The summed E-state index contributed by atoms with van der Waals surface area (Å²) < 4.78 is 8.98. The molecule has 13 heavy (non-hydrogen) atoms. The second-order valence-electron chi connectivity index (χ2n) is 2.24. The van der Waals surface area contributed by atoms with Gasteiger partial charge in [0.2, 0.25) is 0 Å². The van der Waals surface area contributed by atoms with Crippen LogP contribution in [0.1, 0.15) is 6.42 Å². The van der Waals surface area contributed by atoms with Crippen LogP contribution in [0.4, 0.5) is 0 Å². The molecule has 4 heteroatoms. The lowest BCUT2D eigenvalue weighted by atomic mass is 10.2. The second-order valence-corrected chi connectivity index (χ2v) is 2.24. The Bertz CT molecular complexity index is 230. The number of carbonyl (C=O) groups is 2. The zero-order valence-corrected chi connectivity index (χ0v) is 7.54. The molecule has 4 nitrogen and oxygen atoms in total. The fourth-order valence-electron chi connectivity index (χ4n) is 0.555. The van der Waals surface area contributed by atoms with Crippen molar-refractivity contribution in [2.24, 2.45) is 0 Å². The van der Waals surface area contributed by atoms with Crippen molar-refractivity contribution >= 4 is 11.9 Å². The smallest absolute Gasteiger partial charge is 0.334 e. The van der Waals surface area contributed by atoms with Crippen molar-refractivity contribution < 1.29 is 19.1 Å². The highest BCUT2D eigenvalue weighted by Gasteiger charge is 2.12. The van der Waals surface area contributed by atoms with Gasteiger partial charge in [-0.25, -0.2) is 4.79 Å². The van der Waals surface area contributed by atoms with Crippen molar-refractivity contribution in [3.05, 3.63) is 24.8 Å². The van der Waals surface area contributed by atoms with Crippen molar-refractivity contribution in [3.63, 3.8) is 0 Å². The van der Waals surface area contributed by atoms with Crippen LogP contribution in [0.3, 0.4) is 0 Å². The van der Waals surface area contributed by atoms with Crippen molar-refractivity contribution in [1.82, 2.24) is 0 Å². The molecule has 0 atom stereocenters. The van der Waals surface area contributed by atoms with E-state index >= 15 is 0 Å². The van der Waals surface area contributed by atoms with Gasteiger partial charge in [0, 0.05) is 5.57 Å². The van der Waals surface area contributed by atoms with Crippen LogP contribution in [-0.4, -0.2) is 25.7 Å². The van der Waals surface area contributed by atoms with Gasteiger partial charge in [-0.15, -0.1) is 0 Å². The lowest BCUT2D eigenvalue weighted by Gasteiger charge is -2.03. The lowest BCUT2D eigenvalue weighted by Crippen LogP contribution is -2.11. The van der Waals surface area contributed by atoms with Crippen molar-refractivity contribution in [2.45, 2.75) is 6.42 Å². The van der Waals surface area contributed by atoms with E-state index in [-0.39, 0.29) is 18.6 Å². The highest BCUT2D eigenvalue weighted by molar-refractivity contribution is 5.93. The number of hydrogen-bond acceptors (Lipinski definition) is 4. The van der Waals surface area contributed by atoms with E-state index in [2.05, 4.69) is 22.6 Å². The average molecular weight is 184 g/mol. The summed E-state index contributed by atoms with van der Waals surface area (Å²) >= 11 is 0. The molecule has 0 aromatic heterocycles. The van der Waals surface area contributed by atoms with Crippen molar-refractivity contribution in [1.29, 1.82) is 0 Å². The molecule has 0 aliphatic carbocycles. The molecule has 0 rings (SSSR count). The van der Waals surface area contributed by atoms with Gasteiger partial charge in [-0.05, 0) is 0 Å². The van der Waals surface area contributed by atoms with Crippen LogP contribution in [0, 0.1) is 0 Å². The van der Waals surface area contributed by atoms with Crippen LogP contribution in [-0.2, 0) is 19.1 Å². The molecule has 0 saturated heterocycles. The van der Waals surface area contributed by atoms with Crippen LogP contribution < -0.4 is 0 Å². The van der Waals surface area contributed by atoms with Gasteiger partial charge in [-0.3, -0.25) is 4.79 Å². The molecule has 0 radical (unpaired) electrons. The largest absolute Gasteiger partial charge is 0.469 e. The Morgan fingerprint density at radius 2 is 2.08 bits per heavy atom. The highest BCUT2D eigenvalue weighted by Crippen LogP contribution is 2.02. The molecule has 0 fully saturated rings. The fraction of sp³-hybridized carbons (Fsp3) is 0.333. The van der Waals surface area contributed by atoms with Crippen molar-refractivity contribution in [2.75, 3.05) is 13.7 Å². The summed E-state index contributed by atoms with van der Waals surface area (Å²) in [5, 5.41) is 0. The van der Waals surface area contributed by atoms with E-state index in [4.69, 9.17) is 0 Å². The maximum atomic E-state index is 11.0. The van der Waals surface area contributed by atoms with Gasteiger partial charge in [-0.1, -0.05) is 19.2 Å². The minimum atomic E-state index is -0.606. The third kappa shape index (κ3) is 4.79. The predicted octanol–water partition coefficient (Wildman–Crippen LogP) is 0.835.